The van der Waals surface area contributed by atoms with Crippen LogP contribution in [0.3, 0.4) is 0 Å². The van der Waals surface area contributed by atoms with Gasteiger partial charge in [0.2, 0.25) is 5.95 Å². The van der Waals surface area contributed by atoms with Gasteiger partial charge in [-0.3, -0.25) is 0 Å². The molecule has 0 saturated heterocycles. The average Bonchev–Trinajstić information content (AvgIpc) is 2.14. The van der Waals surface area contributed by atoms with Crippen LogP contribution < -0.4 is 10.6 Å². The number of nitrogens with zero attached hydrogens (tertiary/aromatic N) is 3. The summed E-state index contributed by atoms with van der Waals surface area (Å²) in [7, 11) is 1.91. The summed E-state index contributed by atoms with van der Waals surface area (Å²) in [6, 6.07) is 1.79. The Hall–Kier alpha value is -1.36. The van der Waals surface area contributed by atoms with Crippen LogP contribution in [0.5, 0.6) is 0 Å². The summed E-state index contributed by atoms with van der Waals surface area (Å²) in [4.78, 5) is 9.81. The van der Waals surface area contributed by atoms with Crippen molar-refractivity contribution in [3.8, 4) is 0 Å². The van der Waals surface area contributed by atoms with E-state index in [1.54, 1.807) is 19.2 Å². The fraction of sp³-hybridized carbons (Fsp3) is 0.556. The predicted molar refractivity (Wildman–Crippen MR) is 56.0 cm³/mol. The number of hydrogen-bond acceptors (Lipinski definition) is 5. The molecule has 0 radical (unpaired) electrons. The number of nitrogens with two attached hydrogens (primary N) is 1. The van der Waals surface area contributed by atoms with Gasteiger partial charge in [-0.15, -0.1) is 0 Å². The summed E-state index contributed by atoms with van der Waals surface area (Å²) in [6.45, 7) is 2.51. The molecule has 1 aromatic rings. The standard InChI is InChI=1S/C9H16N4O/c1-7(14)4-6-13(2)8-3-5-11-9(10)12-8/h3,5,7,14H,4,6H2,1-2H3,(H2,10,11,12). The first-order valence-corrected chi connectivity index (χ1v) is 4.57. The maximum absolute atomic E-state index is 9.12. The van der Waals surface area contributed by atoms with E-state index in [2.05, 4.69) is 9.97 Å². The molecule has 1 aromatic heterocycles. The van der Waals surface area contributed by atoms with Gasteiger partial charge in [0.05, 0.1) is 6.10 Å². The van der Waals surface area contributed by atoms with Gasteiger partial charge in [-0.1, -0.05) is 0 Å². The van der Waals surface area contributed by atoms with Gasteiger partial charge in [0.15, 0.2) is 0 Å². The van der Waals surface area contributed by atoms with E-state index in [0.717, 1.165) is 12.4 Å². The van der Waals surface area contributed by atoms with Crippen LogP contribution >= 0.6 is 0 Å². The number of aromatic nitrogens is 2. The molecule has 0 saturated carbocycles. The average molecular weight is 196 g/mol. The minimum atomic E-state index is -0.295. The second kappa shape index (κ2) is 4.76. The van der Waals surface area contributed by atoms with Crippen molar-refractivity contribution < 1.29 is 5.11 Å². The zero-order chi connectivity index (χ0) is 10.6. The van der Waals surface area contributed by atoms with Gasteiger partial charge in [0.25, 0.3) is 0 Å². The molecule has 14 heavy (non-hydrogen) atoms. The van der Waals surface area contributed by atoms with Gasteiger partial charge >= 0.3 is 0 Å². The molecule has 0 amide bonds. The van der Waals surface area contributed by atoms with Gasteiger partial charge in [-0.05, 0) is 19.4 Å². The Bertz CT molecular complexity index is 290. The molecule has 5 nitrogen and oxygen atoms in total. The minimum Gasteiger partial charge on any atom is -0.393 e. The first-order valence-electron chi connectivity index (χ1n) is 4.57. The molecular formula is C9H16N4O. The summed E-state index contributed by atoms with van der Waals surface area (Å²) in [5.41, 5.74) is 5.45. The number of anilines is 2. The highest BCUT2D eigenvalue weighted by Gasteiger charge is 2.04. The van der Waals surface area contributed by atoms with Gasteiger partial charge in [0.1, 0.15) is 5.82 Å². The van der Waals surface area contributed by atoms with E-state index in [1.165, 1.54) is 0 Å². The molecule has 0 aliphatic carbocycles. The summed E-state index contributed by atoms with van der Waals surface area (Å²) in [5.74, 6) is 1.05. The molecule has 1 atom stereocenters. The Labute approximate surface area is 83.6 Å². The molecule has 0 aromatic carbocycles. The van der Waals surface area contributed by atoms with Crippen molar-refractivity contribution >= 4 is 11.8 Å². The summed E-state index contributed by atoms with van der Waals surface area (Å²) in [6.07, 6.45) is 2.04. The third kappa shape index (κ3) is 3.18. The molecule has 5 heteroatoms. The normalized spacial score (nSPS) is 12.5. The van der Waals surface area contributed by atoms with Crippen LogP contribution in [0.15, 0.2) is 12.3 Å². The van der Waals surface area contributed by atoms with Crippen molar-refractivity contribution in [1.82, 2.24) is 9.97 Å². The fourth-order valence-electron chi connectivity index (χ4n) is 1.07. The molecule has 0 spiro atoms. The van der Waals surface area contributed by atoms with E-state index in [0.29, 0.717) is 6.42 Å². The fourth-order valence-corrected chi connectivity index (χ4v) is 1.07. The molecule has 0 fully saturated rings. The van der Waals surface area contributed by atoms with Crippen molar-refractivity contribution in [2.75, 3.05) is 24.2 Å². The van der Waals surface area contributed by atoms with Gasteiger partial charge in [-0.25, -0.2) is 4.98 Å². The van der Waals surface area contributed by atoms with E-state index >= 15 is 0 Å². The number of aliphatic hydroxyl groups is 1. The Morgan fingerprint density at radius 3 is 2.93 bits per heavy atom. The molecule has 78 valence electrons. The lowest BCUT2D eigenvalue weighted by atomic mass is 10.3. The molecule has 0 bridgehead atoms. The lowest BCUT2D eigenvalue weighted by molar-refractivity contribution is 0.187. The quantitative estimate of drug-likeness (QED) is 0.722. The molecule has 1 unspecified atom stereocenters. The lowest BCUT2D eigenvalue weighted by Crippen LogP contribution is -2.23. The van der Waals surface area contributed by atoms with Crippen molar-refractivity contribution in [2.45, 2.75) is 19.4 Å². The second-order valence-corrected chi connectivity index (χ2v) is 3.33. The van der Waals surface area contributed by atoms with Crippen molar-refractivity contribution in [1.29, 1.82) is 0 Å². The largest absolute Gasteiger partial charge is 0.393 e. The van der Waals surface area contributed by atoms with Crippen molar-refractivity contribution in [3.63, 3.8) is 0 Å². The van der Waals surface area contributed by atoms with Gasteiger partial charge in [-0.2, -0.15) is 4.98 Å². The van der Waals surface area contributed by atoms with Crippen LogP contribution in [0.2, 0.25) is 0 Å². The highest BCUT2D eigenvalue weighted by Crippen LogP contribution is 2.09. The Morgan fingerprint density at radius 1 is 1.64 bits per heavy atom. The minimum absolute atomic E-state index is 0.270. The first-order chi connectivity index (χ1) is 6.59. The molecule has 0 aliphatic heterocycles. The van der Waals surface area contributed by atoms with Crippen molar-refractivity contribution in [3.05, 3.63) is 12.3 Å². The summed E-state index contributed by atoms with van der Waals surface area (Å²) >= 11 is 0. The van der Waals surface area contributed by atoms with E-state index in [4.69, 9.17) is 10.8 Å². The maximum atomic E-state index is 9.12. The monoisotopic (exact) mass is 196 g/mol. The van der Waals surface area contributed by atoms with Crippen LogP contribution in [-0.4, -0.2) is 34.8 Å². The van der Waals surface area contributed by atoms with E-state index < -0.39 is 0 Å². The van der Waals surface area contributed by atoms with Gasteiger partial charge < -0.3 is 15.7 Å². The van der Waals surface area contributed by atoms with Crippen LogP contribution in [0, 0.1) is 0 Å². The zero-order valence-electron chi connectivity index (χ0n) is 8.51. The SMILES string of the molecule is CC(O)CCN(C)c1ccnc(N)n1. The lowest BCUT2D eigenvalue weighted by Gasteiger charge is -2.18. The van der Waals surface area contributed by atoms with E-state index in [1.807, 2.05) is 11.9 Å². The van der Waals surface area contributed by atoms with Crippen LogP contribution in [0.25, 0.3) is 0 Å². The number of hydrogen-bond donors (Lipinski definition) is 2. The third-order valence-corrected chi connectivity index (χ3v) is 1.93. The number of rotatable bonds is 4. The predicted octanol–water partition coefficient (Wildman–Crippen LogP) is 0.266. The second-order valence-electron chi connectivity index (χ2n) is 3.33. The summed E-state index contributed by atoms with van der Waals surface area (Å²) in [5, 5.41) is 9.12. The van der Waals surface area contributed by atoms with Crippen LogP contribution in [0.4, 0.5) is 11.8 Å². The summed E-state index contributed by atoms with van der Waals surface area (Å²) < 4.78 is 0. The molecule has 1 heterocycles. The van der Waals surface area contributed by atoms with Gasteiger partial charge in [0, 0.05) is 19.8 Å². The molecular weight excluding hydrogens is 180 g/mol. The number of nitrogen functional groups attached to an aromatic ring is 1. The molecule has 1 rings (SSSR count). The smallest absolute Gasteiger partial charge is 0.221 e. The Kier molecular flexibility index (Phi) is 3.64. The highest BCUT2D eigenvalue weighted by atomic mass is 16.3. The van der Waals surface area contributed by atoms with E-state index in [-0.39, 0.29) is 12.1 Å². The third-order valence-electron chi connectivity index (χ3n) is 1.93. The van der Waals surface area contributed by atoms with Crippen LogP contribution in [0.1, 0.15) is 13.3 Å². The maximum Gasteiger partial charge on any atom is 0.221 e. The Balaban J connectivity index is 2.56. The van der Waals surface area contributed by atoms with Crippen LogP contribution in [-0.2, 0) is 0 Å². The first kappa shape index (κ1) is 10.7. The Morgan fingerprint density at radius 2 is 2.36 bits per heavy atom. The molecule has 3 N–H and O–H groups in total. The number of aliphatic hydroxyl groups excluding tert-OH is 1. The highest BCUT2D eigenvalue weighted by molar-refractivity contribution is 5.39. The topological polar surface area (TPSA) is 75.3 Å². The van der Waals surface area contributed by atoms with Crippen molar-refractivity contribution in [2.24, 2.45) is 0 Å². The molecule has 0 aliphatic rings. The van der Waals surface area contributed by atoms with E-state index in [9.17, 15) is 0 Å². The zero-order valence-corrected chi connectivity index (χ0v) is 8.51.